The molecule has 0 unspecified atom stereocenters. The van der Waals surface area contributed by atoms with Crippen LogP contribution >= 0.6 is 11.6 Å². The third kappa shape index (κ3) is 4.70. The molecule has 0 spiro atoms. The fourth-order valence-electron chi connectivity index (χ4n) is 3.65. The van der Waals surface area contributed by atoms with Crippen LogP contribution in [0, 0.1) is 6.92 Å². The predicted octanol–water partition coefficient (Wildman–Crippen LogP) is 3.57. The molecule has 3 heterocycles. The molecule has 0 N–H and O–H groups in total. The third-order valence-electron chi connectivity index (χ3n) is 5.33. The highest BCUT2D eigenvalue weighted by atomic mass is 35.5. The number of carbonyl (C=O) groups is 1. The van der Waals surface area contributed by atoms with Gasteiger partial charge < -0.3 is 9.80 Å². The van der Waals surface area contributed by atoms with Crippen molar-refractivity contribution in [2.75, 3.05) is 31.1 Å². The van der Waals surface area contributed by atoms with Crippen molar-refractivity contribution in [3.05, 3.63) is 80.9 Å². The summed E-state index contributed by atoms with van der Waals surface area (Å²) in [7, 11) is 0. The van der Waals surface area contributed by atoms with Crippen molar-refractivity contribution in [2.24, 2.45) is 0 Å². The van der Waals surface area contributed by atoms with Crippen LogP contribution in [-0.2, 0) is 6.18 Å². The molecule has 1 aliphatic rings. The quantitative estimate of drug-likeness (QED) is 0.577. The van der Waals surface area contributed by atoms with E-state index in [1.54, 1.807) is 18.3 Å². The molecule has 11 heteroatoms. The number of aryl methyl sites for hydroxylation is 1. The van der Waals surface area contributed by atoms with Gasteiger partial charge in [-0.15, -0.1) is 0 Å². The first-order valence-corrected chi connectivity index (χ1v) is 10.5. The molecule has 0 radical (unpaired) electrons. The van der Waals surface area contributed by atoms with Crippen molar-refractivity contribution in [1.82, 2.24) is 19.7 Å². The van der Waals surface area contributed by atoms with Gasteiger partial charge >= 0.3 is 6.18 Å². The van der Waals surface area contributed by atoms with E-state index in [-0.39, 0.29) is 11.4 Å². The van der Waals surface area contributed by atoms with Gasteiger partial charge in [0, 0.05) is 44.1 Å². The Morgan fingerprint density at radius 1 is 1.06 bits per heavy atom. The van der Waals surface area contributed by atoms with Crippen molar-refractivity contribution >= 4 is 23.3 Å². The second-order valence-corrected chi connectivity index (χ2v) is 7.95. The van der Waals surface area contributed by atoms with Gasteiger partial charge in [-0.1, -0.05) is 17.7 Å². The van der Waals surface area contributed by atoms with Gasteiger partial charge in [-0.2, -0.15) is 18.3 Å². The van der Waals surface area contributed by atoms with Crippen molar-refractivity contribution in [2.45, 2.75) is 13.1 Å². The van der Waals surface area contributed by atoms with E-state index in [9.17, 15) is 22.8 Å². The standard InChI is InChI=1S/C22H19ClF3N5O2/c1-14-12-18(32)19(28-31(14)16-5-2-4-15(13-16)22(24,25)26)21(33)30-10-8-29(9-11-30)20-17(23)6-3-7-27-20/h2-7,12-13H,8-11H2,1H3. The molecule has 1 aromatic carbocycles. The maximum absolute atomic E-state index is 13.1. The summed E-state index contributed by atoms with van der Waals surface area (Å²) in [5, 5.41) is 4.63. The minimum atomic E-state index is -4.53. The fraction of sp³-hybridized carbons (Fsp3) is 0.273. The fourth-order valence-corrected chi connectivity index (χ4v) is 3.89. The summed E-state index contributed by atoms with van der Waals surface area (Å²) >= 11 is 6.19. The number of pyridine rings is 1. The molecule has 1 fully saturated rings. The Morgan fingerprint density at radius 3 is 2.45 bits per heavy atom. The molecule has 0 atom stereocenters. The van der Waals surface area contributed by atoms with Crippen molar-refractivity contribution in [3.8, 4) is 5.69 Å². The zero-order chi connectivity index (χ0) is 23.8. The number of benzene rings is 1. The van der Waals surface area contributed by atoms with E-state index < -0.39 is 23.1 Å². The number of hydrogen-bond acceptors (Lipinski definition) is 5. The first-order chi connectivity index (χ1) is 15.6. The molecule has 0 saturated carbocycles. The van der Waals surface area contributed by atoms with E-state index in [1.807, 2.05) is 4.90 Å². The van der Waals surface area contributed by atoms with Crippen LogP contribution in [0.15, 0.2) is 53.5 Å². The van der Waals surface area contributed by atoms with Crippen LogP contribution in [-0.4, -0.2) is 51.8 Å². The van der Waals surface area contributed by atoms with Crippen LogP contribution in [0.2, 0.25) is 5.02 Å². The lowest BCUT2D eigenvalue weighted by atomic mass is 10.2. The zero-order valence-corrected chi connectivity index (χ0v) is 18.3. The number of nitrogens with zero attached hydrogens (tertiary/aromatic N) is 5. The van der Waals surface area contributed by atoms with Gasteiger partial charge in [-0.3, -0.25) is 9.59 Å². The highest BCUT2D eigenvalue weighted by Gasteiger charge is 2.31. The number of piperazine rings is 1. The Morgan fingerprint density at radius 2 is 1.79 bits per heavy atom. The van der Waals surface area contributed by atoms with E-state index in [0.717, 1.165) is 12.1 Å². The Bertz CT molecular complexity index is 1250. The Hall–Kier alpha value is -3.40. The molecule has 0 aliphatic carbocycles. The Balaban J connectivity index is 1.58. The van der Waals surface area contributed by atoms with Crippen LogP contribution in [0.1, 0.15) is 21.7 Å². The van der Waals surface area contributed by atoms with Crippen LogP contribution in [0.25, 0.3) is 5.69 Å². The zero-order valence-electron chi connectivity index (χ0n) is 17.5. The van der Waals surface area contributed by atoms with E-state index >= 15 is 0 Å². The molecular formula is C22H19ClF3N5O2. The minimum Gasteiger partial charge on any atom is -0.352 e. The topological polar surface area (TPSA) is 71.3 Å². The molecule has 7 nitrogen and oxygen atoms in total. The second kappa shape index (κ2) is 8.86. The van der Waals surface area contributed by atoms with Gasteiger partial charge in [0.25, 0.3) is 5.91 Å². The molecule has 4 rings (SSSR count). The molecule has 3 aromatic rings. The van der Waals surface area contributed by atoms with Crippen LogP contribution in [0.3, 0.4) is 0 Å². The summed E-state index contributed by atoms with van der Waals surface area (Å²) in [4.78, 5) is 33.3. The minimum absolute atomic E-state index is 0.103. The first-order valence-electron chi connectivity index (χ1n) is 10.1. The maximum atomic E-state index is 13.1. The van der Waals surface area contributed by atoms with E-state index in [1.165, 1.54) is 34.7 Å². The van der Waals surface area contributed by atoms with Crippen LogP contribution < -0.4 is 10.3 Å². The molecule has 33 heavy (non-hydrogen) atoms. The summed E-state index contributed by atoms with van der Waals surface area (Å²) < 4.78 is 40.5. The molecule has 1 saturated heterocycles. The number of rotatable bonds is 3. The average Bonchev–Trinajstić information content (AvgIpc) is 2.79. The van der Waals surface area contributed by atoms with E-state index in [4.69, 9.17) is 11.6 Å². The molecular weight excluding hydrogens is 459 g/mol. The van der Waals surface area contributed by atoms with Crippen molar-refractivity contribution in [3.63, 3.8) is 0 Å². The van der Waals surface area contributed by atoms with Crippen LogP contribution in [0.4, 0.5) is 19.0 Å². The monoisotopic (exact) mass is 477 g/mol. The number of halogens is 4. The number of anilines is 1. The Labute approximate surface area is 192 Å². The smallest absolute Gasteiger partial charge is 0.352 e. The summed E-state index contributed by atoms with van der Waals surface area (Å²) in [6, 6.07) is 9.21. The Kier molecular flexibility index (Phi) is 6.11. The molecule has 1 amide bonds. The second-order valence-electron chi connectivity index (χ2n) is 7.55. The number of hydrogen-bond donors (Lipinski definition) is 0. The lowest BCUT2D eigenvalue weighted by molar-refractivity contribution is -0.137. The summed E-state index contributed by atoms with van der Waals surface area (Å²) in [5.41, 5.74) is -1.37. The van der Waals surface area contributed by atoms with Crippen molar-refractivity contribution in [1.29, 1.82) is 0 Å². The summed E-state index contributed by atoms with van der Waals surface area (Å²) in [6.45, 7) is 3.07. The van der Waals surface area contributed by atoms with Gasteiger partial charge in [0.15, 0.2) is 5.69 Å². The largest absolute Gasteiger partial charge is 0.416 e. The number of alkyl halides is 3. The summed E-state index contributed by atoms with van der Waals surface area (Å²) in [6.07, 6.45) is -2.90. The highest BCUT2D eigenvalue weighted by molar-refractivity contribution is 6.32. The van der Waals surface area contributed by atoms with E-state index in [0.29, 0.717) is 42.7 Å². The maximum Gasteiger partial charge on any atom is 0.416 e. The highest BCUT2D eigenvalue weighted by Crippen LogP contribution is 2.30. The van der Waals surface area contributed by atoms with Gasteiger partial charge in [0.2, 0.25) is 5.43 Å². The third-order valence-corrected chi connectivity index (χ3v) is 5.63. The van der Waals surface area contributed by atoms with Crippen LogP contribution in [0.5, 0.6) is 0 Å². The predicted molar refractivity (Wildman–Crippen MR) is 117 cm³/mol. The summed E-state index contributed by atoms with van der Waals surface area (Å²) in [5.74, 6) is 0.0409. The van der Waals surface area contributed by atoms with E-state index in [2.05, 4.69) is 10.1 Å². The lowest BCUT2D eigenvalue weighted by Gasteiger charge is -2.35. The molecule has 2 aromatic heterocycles. The number of carbonyl (C=O) groups excluding carboxylic acids is 1. The lowest BCUT2D eigenvalue weighted by Crippen LogP contribution is -2.50. The van der Waals surface area contributed by atoms with Gasteiger partial charge in [0.1, 0.15) is 5.82 Å². The van der Waals surface area contributed by atoms with Gasteiger partial charge in [0.05, 0.1) is 16.3 Å². The normalized spacial score (nSPS) is 14.5. The first kappa shape index (κ1) is 22.8. The molecule has 172 valence electrons. The van der Waals surface area contributed by atoms with Gasteiger partial charge in [-0.05, 0) is 37.3 Å². The molecule has 0 bridgehead atoms. The van der Waals surface area contributed by atoms with Crippen molar-refractivity contribution < 1.29 is 18.0 Å². The number of amides is 1. The number of aromatic nitrogens is 3. The molecule has 1 aliphatic heterocycles. The SMILES string of the molecule is Cc1cc(=O)c(C(=O)N2CCN(c3ncccc3Cl)CC2)nn1-c1cccc(C(F)(F)F)c1. The van der Waals surface area contributed by atoms with Gasteiger partial charge in [-0.25, -0.2) is 9.67 Å². The average molecular weight is 478 g/mol.